The molecule has 3 aliphatic rings. The first-order chi connectivity index (χ1) is 9.72. The van der Waals surface area contributed by atoms with Crippen LogP contribution < -0.4 is 5.73 Å². The maximum atomic E-state index is 6.24. The minimum absolute atomic E-state index is 0.372. The second kappa shape index (κ2) is 5.96. The smallest absolute Gasteiger partial charge is 0.0334 e. The van der Waals surface area contributed by atoms with E-state index in [0.717, 1.165) is 17.9 Å². The monoisotopic (exact) mass is 278 g/mol. The molecular formula is C18H34N2. The molecule has 3 fully saturated rings. The van der Waals surface area contributed by atoms with Crippen LogP contribution in [0, 0.1) is 11.3 Å². The van der Waals surface area contributed by atoms with Gasteiger partial charge in [0.15, 0.2) is 0 Å². The Morgan fingerprint density at radius 3 is 2.25 bits per heavy atom. The topological polar surface area (TPSA) is 29.3 Å². The van der Waals surface area contributed by atoms with Gasteiger partial charge in [-0.1, -0.05) is 32.6 Å². The minimum atomic E-state index is 0.372. The lowest BCUT2D eigenvalue weighted by molar-refractivity contribution is 0.00455. The maximum absolute atomic E-state index is 6.24. The Balaban J connectivity index is 1.62. The summed E-state index contributed by atoms with van der Waals surface area (Å²) in [5.41, 5.74) is 7.35. The Hall–Kier alpha value is -0.0800. The molecule has 20 heavy (non-hydrogen) atoms. The van der Waals surface area contributed by atoms with E-state index < -0.39 is 0 Å². The van der Waals surface area contributed by atoms with E-state index in [0.29, 0.717) is 5.54 Å². The zero-order chi connectivity index (χ0) is 14.1. The van der Waals surface area contributed by atoms with E-state index in [1.54, 1.807) is 0 Å². The SMILES string of the molecule is CCC1CCC(CN)(N2CCC3(CCCCC3)CC2)C1. The number of nitrogens with zero attached hydrogens (tertiary/aromatic N) is 1. The van der Waals surface area contributed by atoms with Gasteiger partial charge >= 0.3 is 0 Å². The first-order valence-corrected chi connectivity index (χ1v) is 9.17. The molecule has 0 aromatic carbocycles. The first kappa shape index (κ1) is 14.8. The van der Waals surface area contributed by atoms with Crippen molar-refractivity contribution in [3.05, 3.63) is 0 Å². The predicted molar refractivity (Wildman–Crippen MR) is 85.7 cm³/mol. The van der Waals surface area contributed by atoms with Crippen LogP contribution in [-0.4, -0.2) is 30.1 Å². The highest BCUT2D eigenvalue weighted by Crippen LogP contribution is 2.48. The van der Waals surface area contributed by atoms with Crippen molar-refractivity contribution in [3.63, 3.8) is 0 Å². The van der Waals surface area contributed by atoms with E-state index in [9.17, 15) is 0 Å². The van der Waals surface area contributed by atoms with Crippen LogP contribution in [0.5, 0.6) is 0 Å². The molecule has 0 aromatic rings. The minimum Gasteiger partial charge on any atom is -0.329 e. The number of likely N-dealkylation sites (tertiary alicyclic amines) is 1. The Morgan fingerprint density at radius 1 is 1.00 bits per heavy atom. The van der Waals surface area contributed by atoms with Gasteiger partial charge in [-0.2, -0.15) is 0 Å². The van der Waals surface area contributed by atoms with Crippen molar-refractivity contribution in [1.82, 2.24) is 4.90 Å². The molecule has 2 atom stereocenters. The molecule has 2 saturated carbocycles. The number of rotatable bonds is 3. The van der Waals surface area contributed by atoms with Crippen molar-refractivity contribution >= 4 is 0 Å². The standard InChI is InChI=1S/C18H34N2/c1-2-16-6-9-18(14-16,15-19)20-12-10-17(11-13-20)7-4-3-5-8-17/h16H,2-15,19H2,1H3. The lowest BCUT2D eigenvalue weighted by atomic mass is 9.67. The summed E-state index contributed by atoms with van der Waals surface area (Å²) in [5, 5.41) is 0. The molecule has 1 aliphatic heterocycles. The fraction of sp³-hybridized carbons (Fsp3) is 1.00. The molecule has 0 amide bonds. The van der Waals surface area contributed by atoms with Crippen molar-refractivity contribution in [2.75, 3.05) is 19.6 Å². The molecule has 0 aromatic heterocycles. The summed E-state index contributed by atoms with van der Waals surface area (Å²) in [6.45, 7) is 5.89. The van der Waals surface area contributed by atoms with Crippen LogP contribution in [0.2, 0.25) is 0 Å². The number of nitrogens with two attached hydrogens (primary N) is 1. The summed E-state index contributed by atoms with van der Waals surface area (Å²) < 4.78 is 0. The fourth-order valence-corrected chi connectivity index (χ4v) is 5.42. The lowest BCUT2D eigenvalue weighted by Gasteiger charge is -2.50. The summed E-state index contributed by atoms with van der Waals surface area (Å²) >= 11 is 0. The quantitative estimate of drug-likeness (QED) is 0.847. The Labute approximate surface area is 125 Å². The maximum Gasteiger partial charge on any atom is 0.0334 e. The van der Waals surface area contributed by atoms with Crippen molar-refractivity contribution in [2.24, 2.45) is 17.1 Å². The molecule has 0 radical (unpaired) electrons. The van der Waals surface area contributed by atoms with Crippen molar-refractivity contribution in [2.45, 2.75) is 83.1 Å². The summed E-state index contributed by atoms with van der Waals surface area (Å²) in [7, 11) is 0. The third kappa shape index (κ3) is 2.66. The largest absolute Gasteiger partial charge is 0.329 e. The molecule has 2 unspecified atom stereocenters. The normalized spacial score (nSPS) is 38.4. The van der Waals surface area contributed by atoms with Crippen LogP contribution in [0.15, 0.2) is 0 Å². The third-order valence-electron chi connectivity index (χ3n) is 7.05. The van der Waals surface area contributed by atoms with Gasteiger partial charge in [0.2, 0.25) is 0 Å². The average Bonchev–Trinajstić information content (AvgIpc) is 2.94. The number of piperidine rings is 1. The van der Waals surface area contributed by atoms with Crippen molar-refractivity contribution < 1.29 is 0 Å². The zero-order valence-corrected chi connectivity index (χ0v) is 13.5. The van der Waals surface area contributed by atoms with Gasteiger partial charge in [0.25, 0.3) is 0 Å². The number of hydrogen-bond donors (Lipinski definition) is 1. The average molecular weight is 278 g/mol. The highest BCUT2D eigenvalue weighted by molar-refractivity contribution is 5.01. The fourth-order valence-electron chi connectivity index (χ4n) is 5.42. The van der Waals surface area contributed by atoms with Gasteiger partial charge in [0.1, 0.15) is 0 Å². The summed E-state index contributed by atoms with van der Waals surface area (Å²) in [6, 6.07) is 0. The molecule has 1 saturated heterocycles. The Bertz CT molecular complexity index is 311. The molecule has 2 nitrogen and oxygen atoms in total. The number of hydrogen-bond acceptors (Lipinski definition) is 2. The van der Waals surface area contributed by atoms with E-state index in [1.807, 2.05) is 0 Å². The summed E-state index contributed by atoms with van der Waals surface area (Å²) in [5.74, 6) is 0.934. The molecule has 1 spiro atoms. The summed E-state index contributed by atoms with van der Waals surface area (Å²) in [4.78, 5) is 2.81. The zero-order valence-electron chi connectivity index (χ0n) is 13.5. The van der Waals surface area contributed by atoms with Crippen molar-refractivity contribution in [3.8, 4) is 0 Å². The van der Waals surface area contributed by atoms with Gasteiger partial charge in [-0.25, -0.2) is 0 Å². The van der Waals surface area contributed by atoms with Crippen LogP contribution in [-0.2, 0) is 0 Å². The Kier molecular flexibility index (Phi) is 4.42. The second-order valence-electron chi connectivity index (χ2n) is 7.99. The van der Waals surface area contributed by atoms with Gasteiger partial charge in [-0.3, -0.25) is 4.90 Å². The molecule has 1 heterocycles. The Morgan fingerprint density at radius 2 is 1.70 bits per heavy atom. The van der Waals surface area contributed by atoms with Crippen LogP contribution in [0.4, 0.5) is 0 Å². The van der Waals surface area contributed by atoms with Gasteiger partial charge in [-0.05, 0) is 69.4 Å². The van der Waals surface area contributed by atoms with E-state index in [1.165, 1.54) is 83.7 Å². The first-order valence-electron chi connectivity index (χ1n) is 9.17. The van der Waals surface area contributed by atoms with Crippen molar-refractivity contribution in [1.29, 1.82) is 0 Å². The molecule has 2 aliphatic carbocycles. The molecule has 2 heteroatoms. The van der Waals surface area contributed by atoms with E-state index >= 15 is 0 Å². The second-order valence-corrected chi connectivity index (χ2v) is 7.99. The molecule has 2 N–H and O–H groups in total. The predicted octanol–water partition coefficient (Wildman–Crippen LogP) is 3.94. The molecular weight excluding hydrogens is 244 g/mol. The van der Waals surface area contributed by atoms with Crippen LogP contribution in [0.25, 0.3) is 0 Å². The molecule has 0 bridgehead atoms. The molecule has 116 valence electrons. The van der Waals surface area contributed by atoms with Gasteiger partial charge in [0, 0.05) is 12.1 Å². The van der Waals surface area contributed by atoms with E-state index in [2.05, 4.69) is 11.8 Å². The van der Waals surface area contributed by atoms with Crippen LogP contribution in [0.3, 0.4) is 0 Å². The highest BCUT2D eigenvalue weighted by Gasteiger charge is 2.45. The van der Waals surface area contributed by atoms with Gasteiger partial charge in [-0.15, -0.1) is 0 Å². The summed E-state index contributed by atoms with van der Waals surface area (Å²) in [6.07, 6.45) is 15.9. The highest BCUT2D eigenvalue weighted by atomic mass is 15.2. The van der Waals surface area contributed by atoms with Crippen LogP contribution >= 0.6 is 0 Å². The van der Waals surface area contributed by atoms with Gasteiger partial charge in [0.05, 0.1) is 0 Å². The van der Waals surface area contributed by atoms with E-state index in [4.69, 9.17) is 5.73 Å². The van der Waals surface area contributed by atoms with Crippen LogP contribution in [0.1, 0.15) is 77.6 Å². The molecule has 3 rings (SSSR count). The van der Waals surface area contributed by atoms with Gasteiger partial charge < -0.3 is 5.73 Å². The third-order valence-corrected chi connectivity index (χ3v) is 7.05. The lowest BCUT2D eigenvalue weighted by Crippen LogP contribution is -2.56. The van der Waals surface area contributed by atoms with E-state index in [-0.39, 0.29) is 0 Å².